The van der Waals surface area contributed by atoms with Crippen LogP contribution in [0.15, 0.2) is 24.3 Å². The Hall–Kier alpha value is -4.06. The fraction of sp³-hybridized carbons (Fsp3) is 0.481. The molecule has 0 unspecified atom stereocenters. The van der Waals surface area contributed by atoms with Gasteiger partial charge in [-0.2, -0.15) is 9.97 Å². The fourth-order valence-corrected chi connectivity index (χ4v) is 5.44. The van der Waals surface area contributed by atoms with Crippen molar-refractivity contribution in [2.75, 3.05) is 57.4 Å². The van der Waals surface area contributed by atoms with Gasteiger partial charge in [0.25, 0.3) is 5.91 Å². The molecule has 39 heavy (non-hydrogen) atoms. The molecule has 0 N–H and O–H groups in total. The molecule has 2 aliphatic rings. The first-order valence-corrected chi connectivity index (χ1v) is 13.5. The Morgan fingerprint density at radius 3 is 2.44 bits per heavy atom. The van der Waals surface area contributed by atoms with Crippen LogP contribution in [0, 0.1) is 0 Å². The Morgan fingerprint density at radius 1 is 0.923 bits per heavy atom. The van der Waals surface area contributed by atoms with Crippen LogP contribution in [0.2, 0.25) is 0 Å². The SMILES string of the molecule is CCc1nc2ccccc2n1-c1nc(N2CCOCC2)c2nc(C(=O)N3CCCN(C(C)=O)CC3)n(C)c2n1. The van der Waals surface area contributed by atoms with Gasteiger partial charge < -0.3 is 24.0 Å². The Balaban J connectivity index is 1.48. The van der Waals surface area contributed by atoms with Crippen molar-refractivity contribution in [2.24, 2.45) is 7.05 Å². The molecule has 0 radical (unpaired) electrons. The largest absolute Gasteiger partial charge is 0.378 e. The Labute approximate surface area is 226 Å². The number of hydrogen-bond donors (Lipinski definition) is 0. The molecule has 4 aromatic rings. The van der Waals surface area contributed by atoms with Crippen LogP contribution in [0.25, 0.3) is 28.1 Å². The van der Waals surface area contributed by atoms with Crippen LogP contribution in [0.4, 0.5) is 5.82 Å². The van der Waals surface area contributed by atoms with Crippen molar-refractivity contribution < 1.29 is 14.3 Å². The molecule has 2 aliphatic heterocycles. The Bertz CT molecular complexity index is 1550. The van der Waals surface area contributed by atoms with E-state index in [0.717, 1.165) is 23.3 Å². The van der Waals surface area contributed by atoms with E-state index in [4.69, 9.17) is 24.7 Å². The number of hydrogen-bond acceptors (Lipinski definition) is 8. The summed E-state index contributed by atoms with van der Waals surface area (Å²) in [5.74, 6) is 2.23. The summed E-state index contributed by atoms with van der Waals surface area (Å²) in [4.78, 5) is 51.0. The van der Waals surface area contributed by atoms with Gasteiger partial charge in [-0.3, -0.25) is 14.2 Å². The molecule has 5 heterocycles. The molecule has 204 valence electrons. The lowest BCUT2D eigenvalue weighted by atomic mass is 10.3. The van der Waals surface area contributed by atoms with Crippen LogP contribution in [-0.4, -0.2) is 103 Å². The van der Waals surface area contributed by atoms with E-state index in [9.17, 15) is 9.59 Å². The normalized spacial score (nSPS) is 16.7. The lowest BCUT2D eigenvalue weighted by Gasteiger charge is -2.28. The van der Waals surface area contributed by atoms with Crippen LogP contribution in [0.3, 0.4) is 0 Å². The van der Waals surface area contributed by atoms with Gasteiger partial charge in [0.15, 0.2) is 17.0 Å². The van der Waals surface area contributed by atoms with Crippen molar-refractivity contribution in [3.63, 3.8) is 0 Å². The lowest BCUT2D eigenvalue weighted by Crippen LogP contribution is -2.37. The maximum atomic E-state index is 13.7. The third-order valence-corrected chi connectivity index (χ3v) is 7.57. The summed E-state index contributed by atoms with van der Waals surface area (Å²) >= 11 is 0. The molecule has 12 heteroatoms. The molecule has 0 bridgehead atoms. The van der Waals surface area contributed by atoms with Crippen molar-refractivity contribution in [3.8, 4) is 5.95 Å². The smallest absolute Gasteiger partial charge is 0.289 e. The summed E-state index contributed by atoms with van der Waals surface area (Å²) in [6.45, 7) is 8.36. The maximum absolute atomic E-state index is 13.7. The van der Waals surface area contributed by atoms with Crippen molar-refractivity contribution in [1.82, 2.24) is 38.9 Å². The van der Waals surface area contributed by atoms with E-state index in [2.05, 4.69) is 11.8 Å². The first kappa shape index (κ1) is 25.2. The van der Waals surface area contributed by atoms with Crippen molar-refractivity contribution in [3.05, 3.63) is 35.9 Å². The molecule has 6 rings (SSSR count). The minimum absolute atomic E-state index is 0.0310. The van der Waals surface area contributed by atoms with Gasteiger partial charge in [-0.1, -0.05) is 19.1 Å². The van der Waals surface area contributed by atoms with Gasteiger partial charge in [0.05, 0.1) is 24.2 Å². The van der Waals surface area contributed by atoms with Gasteiger partial charge in [0.2, 0.25) is 17.7 Å². The number of ether oxygens (including phenoxy) is 1. The second-order valence-electron chi connectivity index (χ2n) is 9.97. The molecule has 0 atom stereocenters. The van der Waals surface area contributed by atoms with Crippen molar-refractivity contribution >= 4 is 39.8 Å². The van der Waals surface area contributed by atoms with Gasteiger partial charge in [0, 0.05) is 59.7 Å². The standard InChI is InChI=1S/C27H33N9O3/c1-4-21-28-19-8-5-6-9-20(19)36(21)27-30-23-22(24(31-27)34-14-16-39-17-15-34)29-25(32(23)3)26(38)35-11-7-10-33(12-13-35)18(2)37/h5-6,8-9H,4,7,10-17H2,1-3H3. The molecule has 12 nitrogen and oxygen atoms in total. The molecular formula is C27H33N9O3. The number of carbonyl (C=O) groups excluding carboxylic acids is 2. The number of benzene rings is 1. The van der Waals surface area contributed by atoms with E-state index in [1.54, 1.807) is 21.3 Å². The predicted octanol–water partition coefficient (Wildman–Crippen LogP) is 1.80. The zero-order chi connectivity index (χ0) is 27.1. The molecular weight excluding hydrogens is 498 g/mol. The lowest BCUT2D eigenvalue weighted by molar-refractivity contribution is -0.128. The molecule has 2 fully saturated rings. The zero-order valence-corrected chi connectivity index (χ0v) is 22.6. The van der Waals surface area contributed by atoms with Crippen LogP contribution in [-0.2, 0) is 23.0 Å². The monoisotopic (exact) mass is 531 g/mol. The second-order valence-corrected chi connectivity index (χ2v) is 9.97. The topological polar surface area (TPSA) is 115 Å². The highest BCUT2D eigenvalue weighted by atomic mass is 16.5. The van der Waals surface area contributed by atoms with Crippen molar-refractivity contribution in [2.45, 2.75) is 26.7 Å². The van der Waals surface area contributed by atoms with Gasteiger partial charge in [-0.25, -0.2) is 9.97 Å². The molecule has 2 saturated heterocycles. The molecule has 0 aliphatic carbocycles. The summed E-state index contributed by atoms with van der Waals surface area (Å²) in [6.07, 6.45) is 1.44. The molecule has 1 aromatic carbocycles. The number of fused-ring (bicyclic) bond motifs is 2. The van der Waals surface area contributed by atoms with E-state index >= 15 is 0 Å². The summed E-state index contributed by atoms with van der Waals surface area (Å²) < 4.78 is 9.37. The highest BCUT2D eigenvalue weighted by Gasteiger charge is 2.29. The number of amides is 2. The number of nitrogens with zero attached hydrogens (tertiary/aromatic N) is 9. The minimum Gasteiger partial charge on any atom is -0.378 e. The first-order chi connectivity index (χ1) is 19.0. The van der Waals surface area contributed by atoms with E-state index in [-0.39, 0.29) is 11.8 Å². The summed E-state index contributed by atoms with van der Waals surface area (Å²) in [5, 5.41) is 0. The number of carbonyl (C=O) groups is 2. The summed E-state index contributed by atoms with van der Waals surface area (Å²) in [5.41, 5.74) is 2.99. The Kier molecular flexibility index (Phi) is 6.63. The van der Waals surface area contributed by atoms with Crippen LogP contribution < -0.4 is 4.90 Å². The highest BCUT2D eigenvalue weighted by Crippen LogP contribution is 2.29. The number of morpholine rings is 1. The molecule has 3 aromatic heterocycles. The van der Waals surface area contributed by atoms with Crippen LogP contribution in [0.1, 0.15) is 36.7 Å². The number of rotatable bonds is 4. The number of aromatic nitrogens is 6. The van der Waals surface area contributed by atoms with E-state index in [1.807, 2.05) is 35.9 Å². The van der Waals surface area contributed by atoms with Crippen molar-refractivity contribution in [1.29, 1.82) is 0 Å². The molecule has 2 amide bonds. The van der Waals surface area contributed by atoms with Crippen LogP contribution in [0.5, 0.6) is 0 Å². The van der Waals surface area contributed by atoms with Crippen LogP contribution >= 0.6 is 0 Å². The number of aryl methyl sites for hydroxylation is 2. The maximum Gasteiger partial charge on any atom is 0.289 e. The van der Waals surface area contributed by atoms with Gasteiger partial charge in [0.1, 0.15) is 5.82 Å². The average molecular weight is 532 g/mol. The van der Waals surface area contributed by atoms with E-state index < -0.39 is 0 Å². The molecule has 0 spiro atoms. The first-order valence-electron chi connectivity index (χ1n) is 13.5. The van der Waals surface area contributed by atoms with Gasteiger partial charge in [-0.05, 0) is 18.6 Å². The predicted molar refractivity (Wildman–Crippen MR) is 146 cm³/mol. The quantitative estimate of drug-likeness (QED) is 0.392. The minimum atomic E-state index is -0.169. The van der Waals surface area contributed by atoms with Gasteiger partial charge >= 0.3 is 0 Å². The average Bonchev–Trinajstić information content (AvgIpc) is 3.38. The third-order valence-electron chi connectivity index (χ3n) is 7.57. The number of imidazole rings is 2. The highest BCUT2D eigenvalue weighted by molar-refractivity contribution is 5.96. The third kappa shape index (κ3) is 4.48. The Morgan fingerprint density at radius 2 is 1.67 bits per heavy atom. The number of anilines is 1. The summed E-state index contributed by atoms with van der Waals surface area (Å²) in [7, 11) is 1.83. The van der Waals surface area contributed by atoms with E-state index in [1.165, 1.54) is 0 Å². The van der Waals surface area contributed by atoms with Gasteiger partial charge in [-0.15, -0.1) is 0 Å². The van der Waals surface area contributed by atoms with E-state index in [0.29, 0.717) is 87.7 Å². The fourth-order valence-electron chi connectivity index (χ4n) is 5.44. The number of para-hydroxylation sites is 2. The zero-order valence-electron chi connectivity index (χ0n) is 22.6. The molecule has 0 saturated carbocycles. The second kappa shape index (κ2) is 10.3. The summed E-state index contributed by atoms with van der Waals surface area (Å²) in [6, 6.07) is 7.96.